The van der Waals surface area contributed by atoms with Crippen LogP contribution in [0.5, 0.6) is 0 Å². The van der Waals surface area contributed by atoms with Crippen LogP contribution in [-0.4, -0.2) is 33.3 Å². The molecule has 3 aromatic rings. The highest BCUT2D eigenvalue weighted by Gasteiger charge is 2.24. The van der Waals surface area contributed by atoms with Gasteiger partial charge in [0.05, 0.1) is 29.7 Å². The normalized spacial score (nSPS) is 13.5. The van der Waals surface area contributed by atoms with E-state index >= 15 is 0 Å². The van der Waals surface area contributed by atoms with Gasteiger partial charge in [-0.1, -0.05) is 0 Å². The molecule has 0 aliphatic heterocycles. The summed E-state index contributed by atoms with van der Waals surface area (Å²) >= 11 is 1.56. The van der Waals surface area contributed by atoms with Crippen LogP contribution in [0.1, 0.15) is 68.1 Å². The van der Waals surface area contributed by atoms with Crippen molar-refractivity contribution in [2.75, 3.05) is 6.61 Å². The second-order valence-electron chi connectivity index (χ2n) is 7.35. The predicted molar refractivity (Wildman–Crippen MR) is 111 cm³/mol. The molecule has 0 aromatic carbocycles. The fourth-order valence-electron chi connectivity index (χ4n) is 4.07. The van der Waals surface area contributed by atoms with E-state index in [0.29, 0.717) is 38.6 Å². The number of aromatic amines is 2. The molecule has 2 N–H and O–H groups in total. The van der Waals surface area contributed by atoms with Gasteiger partial charge in [0.15, 0.2) is 5.78 Å². The number of hydrogen-bond acceptors (Lipinski definition) is 6. The summed E-state index contributed by atoms with van der Waals surface area (Å²) in [5, 5.41) is 0.678. The topological polar surface area (TPSA) is 105 Å². The first-order valence-corrected chi connectivity index (χ1v) is 10.6. The average molecular weight is 413 g/mol. The molecule has 0 saturated carbocycles. The molecule has 0 bridgehead atoms. The van der Waals surface area contributed by atoms with Crippen molar-refractivity contribution in [3.8, 4) is 0 Å². The Balaban J connectivity index is 1.65. The third-order valence-corrected chi connectivity index (χ3v) is 6.58. The summed E-state index contributed by atoms with van der Waals surface area (Å²) in [6.45, 7) is 5.46. The number of carbonyl (C=O) groups excluding carboxylic acids is 2. The van der Waals surface area contributed by atoms with Crippen molar-refractivity contribution in [3.05, 3.63) is 49.1 Å². The molecule has 8 heteroatoms. The molecule has 0 radical (unpaired) electrons. The van der Waals surface area contributed by atoms with Crippen molar-refractivity contribution >= 4 is 33.3 Å². The smallest absolute Gasteiger partial charge is 0.340 e. The largest absolute Gasteiger partial charge is 0.462 e. The molecule has 152 valence electrons. The average Bonchev–Trinajstić information content (AvgIpc) is 3.18. The van der Waals surface area contributed by atoms with E-state index in [0.717, 1.165) is 31.2 Å². The monoisotopic (exact) mass is 413 g/mol. The Hall–Kier alpha value is -2.74. The lowest BCUT2D eigenvalue weighted by molar-refractivity contribution is 0.0525. The molecule has 3 aromatic heterocycles. The Kier molecular flexibility index (Phi) is 5.12. The van der Waals surface area contributed by atoms with E-state index in [1.165, 1.54) is 4.88 Å². The summed E-state index contributed by atoms with van der Waals surface area (Å²) in [7, 11) is 0. The van der Waals surface area contributed by atoms with Crippen molar-refractivity contribution in [1.82, 2.24) is 15.0 Å². The zero-order valence-electron chi connectivity index (χ0n) is 16.7. The number of Topliss-reactive ketones (excluding diaryl/α,β-unsaturated/α-hetero) is 1. The van der Waals surface area contributed by atoms with E-state index < -0.39 is 5.97 Å². The summed E-state index contributed by atoms with van der Waals surface area (Å²) in [5.41, 5.74) is 2.83. The van der Waals surface area contributed by atoms with Crippen LogP contribution >= 0.6 is 11.3 Å². The number of ketones is 1. The molecule has 0 spiro atoms. The molecular formula is C21H23N3O4S. The van der Waals surface area contributed by atoms with Gasteiger partial charge in [-0.05, 0) is 57.6 Å². The summed E-state index contributed by atoms with van der Waals surface area (Å²) < 4.78 is 5.08. The van der Waals surface area contributed by atoms with Crippen molar-refractivity contribution < 1.29 is 14.3 Å². The first-order valence-electron chi connectivity index (χ1n) is 9.83. The fraction of sp³-hybridized carbons (Fsp3) is 0.429. The molecule has 29 heavy (non-hydrogen) atoms. The molecule has 0 fully saturated rings. The minimum absolute atomic E-state index is 0.0448. The van der Waals surface area contributed by atoms with Crippen LogP contribution in [0, 0.1) is 13.8 Å². The van der Waals surface area contributed by atoms with E-state index in [9.17, 15) is 14.4 Å². The summed E-state index contributed by atoms with van der Waals surface area (Å²) in [5.74, 6) is -0.338. The van der Waals surface area contributed by atoms with Gasteiger partial charge in [-0.2, -0.15) is 0 Å². The Bertz CT molecular complexity index is 1180. The lowest BCUT2D eigenvalue weighted by Crippen LogP contribution is -2.16. The van der Waals surface area contributed by atoms with Crippen LogP contribution in [0.15, 0.2) is 4.79 Å². The summed E-state index contributed by atoms with van der Waals surface area (Å²) in [4.78, 5) is 50.0. The highest BCUT2D eigenvalue weighted by Crippen LogP contribution is 2.33. The van der Waals surface area contributed by atoms with Gasteiger partial charge in [-0.3, -0.25) is 9.59 Å². The van der Waals surface area contributed by atoms with Crippen LogP contribution in [0.25, 0.3) is 10.2 Å². The number of nitrogens with zero attached hydrogens (tertiary/aromatic N) is 1. The van der Waals surface area contributed by atoms with Crippen LogP contribution < -0.4 is 5.56 Å². The first-order chi connectivity index (χ1) is 13.9. The van der Waals surface area contributed by atoms with Gasteiger partial charge in [-0.25, -0.2) is 9.78 Å². The Morgan fingerprint density at radius 3 is 2.69 bits per heavy atom. The second kappa shape index (κ2) is 7.59. The Morgan fingerprint density at radius 2 is 1.93 bits per heavy atom. The predicted octanol–water partition coefficient (Wildman–Crippen LogP) is 3.41. The standard InChI is InChI=1S/C21H23N3O4S/c1-4-28-21(27)16-10(2)18(22-11(16)3)13(25)9-15-23-19(26)17-12-7-5-6-8-14(12)29-20(17)24-15/h22H,4-9H2,1-3H3,(H,23,24,26). The number of fused-ring (bicyclic) bond motifs is 3. The van der Waals surface area contributed by atoms with Crippen LogP contribution in [-0.2, 0) is 24.0 Å². The van der Waals surface area contributed by atoms with E-state index in [1.54, 1.807) is 32.1 Å². The highest BCUT2D eigenvalue weighted by atomic mass is 32.1. The van der Waals surface area contributed by atoms with Gasteiger partial charge < -0.3 is 14.7 Å². The van der Waals surface area contributed by atoms with Crippen LogP contribution in [0.4, 0.5) is 0 Å². The molecule has 3 heterocycles. The summed E-state index contributed by atoms with van der Waals surface area (Å²) in [6.07, 6.45) is 4.08. The molecular weight excluding hydrogens is 390 g/mol. The van der Waals surface area contributed by atoms with Gasteiger partial charge >= 0.3 is 5.97 Å². The van der Waals surface area contributed by atoms with E-state index in [2.05, 4.69) is 15.0 Å². The zero-order chi connectivity index (χ0) is 20.7. The minimum atomic E-state index is -0.449. The van der Waals surface area contributed by atoms with Gasteiger partial charge in [-0.15, -0.1) is 11.3 Å². The van der Waals surface area contributed by atoms with Gasteiger partial charge in [0.2, 0.25) is 0 Å². The zero-order valence-corrected chi connectivity index (χ0v) is 17.5. The van der Waals surface area contributed by atoms with E-state index in [1.807, 2.05) is 0 Å². The van der Waals surface area contributed by atoms with E-state index in [4.69, 9.17) is 4.74 Å². The highest BCUT2D eigenvalue weighted by molar-refractivity contribution is 7.18. The number of carbonyl (C=O) groups is 2. The number of thiophene rings is 1. The SMILES string of the molecule is CCOC(=O)c1c(C)[nH]c(C(=O)Cc2nc3sc4c(c3c(=O)[nH]2)CCCC4)c1C. The lowest BCUT2D eigenvalue weighted by atomic mass is 9.97. The first kappa shape index (κ1) is 19.6. The molecule has 0 amide bonds. The number of hydrogen-bond donors (Lipinski definition) is 2. The number of aromatic nitrogens is 3. The number of H-pyrrole nitrogens is 2. The van der Waals surface area contributed by atoms with Gasteiger partial charge in [0.1, 0.15) is 10.7 Å². The molecule has 0 unspecified atom stereocenters. The van der Waals surface area contributed by atoms with Crippen LogP contribution in [0.2, 0.25) is 0 Å². The quantitative estimate of drug-likeness (QED) is 0.493. The number of rotatable bonds is 5. The lowest BCUT2D eigenvalue weighted by Gasteiger charge is -2.09. The third-order valence-electron chi connectivity index (χ3n) is 5.40. The molecule has 4 rings (SSSR count). The maximum Gasteiger partial charge on any atom is 0.340 e. The van der Waals surface area contributed by atoms with Crippen LogP contribution in [0.3, 0.4) is 0 Å². The van der Waals surface area contributed by atoms with Crippen molar-refractivity contribution in [2.45, 2.75) is 52.9 Å². The molecule has 0 saturated heterocycles. The van der Waals surface area contributed by atoms with E-state index in [-0.39, 0.29) is 24.4 Å². The Morgan fingerprint density at radius 1 is 1.17 bits per heavy atom. The summed E-state index contributed by atoms with van der Waals surface area (Å²) in [6, 6.07) is 0. The third kappa shape index (κ3) is 3.42. The fourth-order valence-corrected chi connectivity index (χ4v) is 5.35. The van der Waals surface area contributed by atoms with Crippen molar-refractivity contribution in [1.29, 1.82) is 0 Å². The van der Waals surface area contributed by atoms with Crippen molar-refractivity contribution in [2.24, 2.45) is 0 Å². The van der Waals surface area contributed by atoms with Gasteiger partial charge in [0, 0.05) is 10.6 Å². The van der Waals surface area contributed by atoms with Crippen molar-refractivity contribution in [3.63, 3.8) is 0 Å². The Labute approximate surface area is 171 Å². The second-order valence-corrected chi connectivity index (χ2v) is 8.43. The molecule has 0 atom stereocenters. The van der Waals surface area contributed by atoms with Gasteiger partial charge in [0.25, 0.3) is 5.56 Å². The molecule has 7 nitrogen and oxygen atoms in total. The maximum atomic E-state index is 12.9. The molecule has 1 aliphatic carbocycles. The maximum absolute atomic E-state index is 12.9. The number of esters is 1. The number of aryl methyl sites for hydroxylation is 3. The molecule has 1 aliphatic rings. The number of ether oxygens (including phenoxy) is 1. The number of nitrogens with one attached hydrogen (secondary N) is 2. The minimum Gasteiger partial charge on any atom is -0.462 e.